The van der Waals surface area contributed by atoms with E-state index in [0.29, 0.717) is 5.56 Å². The number of rotatable bonds is 10. The molecule has 2 N–H and O–H groups in total. The summed E-state index contributed by atoms with van der Waals surface area (Å²) >= 11 is 0. The van der Waals surface area contributed by atoms with E-state index >= 15 is 0 Å². The summed E-state index contributed by atoms with van der Waals surface area (Å²) in [7, 11) is 0. The van der Waals surface area contributed by atoms with Gasteiger partial charge in [0.2, 0.25) is 0 Å². The lowest BCUT2D eigenvalue weighted by Crippen LogP contribution is -2.33. The fourth-order valence-corrected chi connectivity index (χ4v) is 3.30. The highest BCUT2D eigenvalue weighted by Crippen LogP contribution is 2.38. The molecule has 0 aliphatic rings. The van der Waals surface area contributed by atoms with Gasteiger partial charge in [-0.2, -0.15) is 0 Å². The monoisotopic (exact) mass is 326 g/mol. The molecule has 0 bridgehead atoms. The fourth-order valence-electron chi connectivity index (χ4n) is 3.30. The van der Waals surface area contributed by atoms with E-state index in [9.17, 15) is 10.2 Å². The van der Waals surface area contributed by atoms with Gasteiger partial charge in [0.1, 0.15) is 0 Å². The van der Waals surface area contributed by atoms with Gasteiger partial charge in [-0.05, 0) is 12.0 Å². The van der Waals surface area contributed by atoms with E-state index < -0.39 is 5.79 Å². The Hall–Kier alpha value is -1.64. The van der Waals surface area contributed by atoms with E-state index in [2.05, 4.69) is 6.92 Å². The first-order valence-corrected chi connectivity index (χ1v) is 9.21. The highest BCUT2D eigenvalue weighted by atomic mass is 16.5. The van der Waals surface area contributed by atoms with Crippen molar-refractivity contribution in [2.45, 2.75) is 63.6 Å². The predicted molar refractivity (Wildman–Crippen MR) is 99.7 cm³/mol. The zero-order valence-corrected chi connectivity index (χ0v) is 14.7. The van der Waals surface area contributed by atoms with Gasteiger partial charge < -0.3 is 10.2 Å². The van der Waals surface area contributed by atoms with Gasteiger partial charge in [0, 0.05) is 11.5 Å². The van der Waals surface area contributed by atoms with Crippen molar-refractivity contribution in [1.82, 2.24) is 0 Å². The summed E-state index contributed by atoms with van der Waals surface area (Å²) in [5.74, 6) is -2.15. The van der Waals surface area contributed by atoms with E-state index in [0.717, 1.165) is 24.8 Å². The largest absolute Gasteiger partial charge is 0.361 e. The number of hydrogen-bond donors (Lipinski definition) is 2. The van der Waals surface area contributed by atoms with Crippen molar-refractivity contribution >= 4 is 0 Å². The second-order valence-corrected chi connectivity index (χ2v) is 6.61. The second-order valence-electron chi connectivity index (χ2n) is 6.61. The smallest absolute Gasteiger partial charge is 0.196 e. The van der Waals surface area contributed by atoms with Crippen LogP contribution in [0.25, 0.3) is 0 Å². The summed E-state index contributed by atoms with van der Waals surface area (Å²) < 4.78 is 0. The maximum atomic E-state index is 10.9. The van der Waals surface area contributed by atoms with E-state index in [4.69, 9.17) is 0 Å². The molecule has 24 heavy (non-hydrogen) atoms. The van der Waals surface area contributed by atoms with Gasteiger partial charge in [-0.3, -0.25) is 0 Å². The van der Waals surface area contributed by atoms with Gasteiger partial charge >= 0.3 is 0 Å². The van der Waals surface area contributed by atoms with Gasteiger partial charge in [-0.1, -0.05) is 106 Å². The maximum Gasteiger partial charge on any atom is 0.196 e. The topological polar surface area (TPSA) is 40.5 Å². The first-order chi connectivity index (χ1) is 11.7. The van der Waals surface area contributed by atoms with Crippen molar-refractivity contribution in [2.75, 3.05) is 0 Å². The molecule has 0 saturated heterocycles. The second kappa shape index (κ2) is 9.61. The molecule has 0 amide bonds. The Bertz CT molecular complexity index is 563. The molecule has 2 rings (SSSR count). The zero-order chi connectivity index (χ0) is 17.3. The maximum absolute atomic E-state index is 10.9. The number of benzene rings is 2. The van der Waals surface area contributed by atoms with Crippen molar-refractivity contribution in [3.8, 4) is 0 Å². The van der Waals surface area contributed by atoms with E-state index in [1.165, 1.54) is 25.7 Å². The highest BCUT2D eigenvalue weighted by molar-refractivity contribution is 5.28. The molecule has 0 aromatic heterocycles. The van der Waals surface area contributed by atoms with Crippen LogP contribution in [-0.4, -0.2) is 10.2 Å². The summed E-state index contributed by atoms with van der Waals surface area (Å²) in [4.78, 5) is 0. The molecule has 0 spiro atoms. The van der Waals surface area contributed by atoms with Gasteiger partial charge in [-0.25, -0.2) is 0 Å². The predicted octanol–water partition coefficient (Wildman–Crippen LogP) is 5.36. The van der Waals surface area contributed by atoms with Gasteiger partial charge in [-0.15, -0.1) is 0 Å². The van der Waals surface area contributed by atoms with Crippen LogP contribution in [-0.2, 0) is 5.79 Å². The average Bonchev–Trinajstić information content (AvgIpc) is 2.62. The quantitative estimate of drug-likeness (QED) is 0.456. The third-order valence-corrected chi connectivity index (χ3v) is 4.73. The molecular formula is C22H30O2. The third kappa shape index (κ3) is 5.19. The van der Waals surface area contributed by atoms with E-state index in [-0.39, 0.29) is 5.92 Å². The average molecular weight is 326 g/mol. The van der Waals surface area contributed by atoms with E-state index in [1.807, 2.05) is 48.5 Å². The molecule has 0 radical (unpaired) electrons. The molecule has 130 valence electrons. The summed E-state index contributed by atoms with van der Waals surface area (Å²) in [6.45, 7) is 2.22. The van der Waals surface area contributed by atoms with Gasteiger partial charge in [0.05, 0.1) is 0 Å². The Morgan fingerprint density at radius 3 is 1.92 bits per heavy atom. The molecule has 0 aliphatic carbocycles. The Morgan fingerprint density at radius 2 is 1.29 bits per heavy atom. The lowest BCUT2D eigenvalue weighted by Gasteiger charge is -2.32. The van der Waals surface area contributed by atoms with Crippen LogP contribution < -0.4 is 0 Å². The SMILES string of the molecule is CCCCCCCCC(c1ccccc1)C(O)(O)c1ccccc1. The summed E-state index contributed by atoms with van der Waals surface area (Å²) in [5, 5.41) is 21.8. The van der Waals surface area contributed by atoms with E-state index in [1.54, 1.807) is 12.1 Å². The number of hydrogen-bond acceptors (Lipinski definition) is 2. The fraction of sp³-hybridized carbons (Fsp3) is 0.455. The Kier molecular flexibility index (Phi) is 7.48. The molecule has 0 aliphatic heterocycles. The van der Waals surface area contributed by atoms with Gasteiger partial charge in [0.15, 0.2) is 5.79 Å². The molecule has 2 aromatic carbocycles. The molecule has 1 unspecified atom stereocenters. The lowest BCUT2D eigenvalue weighted by molar-refractivity contribution is -0.190. The van der Waals surface area contributed by atoms with Gasteiger partial charge in [0.25, 0.3) is 0 Å². The van der Waals surface area contributed by atoms with Crippen LogP contribution in [0.2, 0.25) is 0 Å². The minimum Gasteiger partial charge on any atom is -0.361 e. The summed E-state index contributed by atoms with van der Waals surface area (Å²) in [6, 6.07) is 19.0. The first-order valence-electron chi connectivity index (χ1n) is 9.21. The Balaban J connectivity index is 2.09. The zero-order valence-electron chi connectivity index (χ0n) is 14.7. The molecule has 2 heteroatoms. The molecule has 1 atom stereocenters. The number of unbranched alkanes of at least 4 members (excludes halogenated alkanes) is 5. The summed E-state index contributed by atoms with van der Waals surface area (Å²) in [6.07, 6.45) is 7.97. The van der Waals surface area contributed by atoms with Crippen LogP contribution in [0, 0.1) is 0 Å². The van der Waals surface area contributed by atoms with Crippen molar-refractivity contribution in [3.05, 3.63) is 71.8 Å². The van der Waals surface area contributed by atoms with Crippen molar-refractivity contribution in [3.63, 3.8) is 0 Å². The van der Waals surface area contributed by atoms with Crippen molar-refractivity contribution in [1.29, 1.82) is 0 Å². The van der Waals surface area contributed by atoms with Crippen LogP contribution >= 0.6 is 0 Å². The minimum absolute atomic E-state index is 0.313. The minimum atomic E-state index is -1.84. The molecule has 0 fully saturated rings. The van der Waals surface area contributed by atoms with Crippen LogP contribution in [0.3, 0.4) is 0 Å². The standard InChI is InChI=1S/C22H30O2/c1-2-3-4-5-6-13-18-21(19-14-9-7-10-15-19)22(23,24)20-16-11-8-12-17-20/h7-12,14-17,21,23-24H,2-6,13,18H2,1H3. The van der Waals surface area contributed by atoms with Crippen LogP contribution in [0.4, 0.5) is 0 Å². The van der Waals surface area contributed by atoms with Crippen molar-refractivity contribution < 1.29 is 10.2 Å². The molecule has 2 nitrogen and oxygen atoms in total. The summed E-state index contributed by atoms with van der Waals surface area (Å²) in [5.41, 5.74) is 1.55. The van der Waals surface area contributed by atoms with Crippen LogP contribution in [0.1, 0.15) is 68.9 Å². The highest BCUT2D eigenvalue weighted by Gasteiger charge is 2.36. The molecule has 2 aromatic rings. The Morgan fingerprint density at radius 1 is 0.750 bits per heavy atom. The molecule has 0 saturated carbocycles. The van der Waals surface area contributed by atoms with Crippen LogP contribution in [0.5, 0.6) is 0 Å². The number of aliphatic hydroxyl groups is 2. The molecule has 0 heterocycles. The Labute approximate surface area is 146 Å². The third-order valence-electron chi connectivity index (χ3n) is 4.73. The van der Waals surface area contributed by atoms with Crippen LogP contribution in [0.15, 0.2) is 60.7 Å². The first kappa shape index (κ1) is 18.7. The molecular weight excluding hydrogens is 296 g/mol. The lowest BCUT2D eigenvalue weighted by atomic mass is 9.82. The normalized spacial score (nSPS) is 13.0. The van der Waals surface area contributed by atoms with Crippen molar-refractivity contribution in [2.24, 2.45) is 0 Å².